The predicted molar refractivity (Wildman–Crippen MR) is 156 cm³/mol. The van der Waals surface area contributed by atoms with E-state index in [2.05, 4.69) is 5.32 Å². The summed E-state index contributed by atoms with van der Waals surface area (Å²) < 4.78 is 31.6. The second-order valence-corrected chi connectivity index (χ2v) is 12.5. The van der Waals surface area contributed by atoms with Crippen LogP contribution in [0.4, 0.5) is 5.69 Å². The summed E-state index contributed by atoms with van der Waals surface area (Å²) in [4.78, 5) is 28.3. The molecule has 1 N–H and O–H groups in total. The molecule has 0 bridgehead atoms. The molecular weight excluding hydrogens is 538 g/mol. The number of anilines is 1. The number of halogens is 1. The maximum Gasteiger partial charge on any atom is 0.242 e. The van der Waals surface area contributed by atoms with Crippen molar-refractivity contribution in [2.45, 2.75) is 77.4 Å². The van der Waals surface area contributed by atoms with Crippen molar-refractivity contribution < 1.29 is 22.7 Å². The van der Waals surface area contributed by atoms with Crippen molar-refractivity contribution in [2.75, 3.05) is 24.2 Å². The van der Waals surface area contributed by atoms with Crippen LogP contribution in [0, 0.1) is 6.92 Å². The highest BCUT2D eigenvalue weighted by Crippen LogP contribution is 2.30. The Labute approximate surface area is 237 Å². The molecule has 0 unspecified atom stereocenters. The number of sulfonamides is 1. The van der Waals surface area contributed by atoms with Crippen molar-refractivity contribution in [3.63, 3.8) is 0 Å². The van der Waals surface area contributed by atoms with Crippen molar-refractivity contribution >= 4 is 39.1 Å². The molecule has 0 saturated heterocycles. The van der Waals surface area contributed by atoms with Gasteiger partial charge in [0.05, 0.1) is 24.1 Å². The van der Waals surface area contributed by atoms with Gasteiger partial charge < -0.3 is 15.0 Å². The minimum absolute atomic E-state index is 0.0861. The van der Waals surface area contributed by atoms with Gasteiger partial charge in [-0.25, -0.2) is 8.42 Å². The van der Waals surface area contributed by atoms with Crippen LogP contribution in [0.15, 0.2) is 42.5 Å². The van der Waals surface area contributed by atoms with Crippen LogP contribution < -0.4 is 14.4 Å². The fourth-order valence-electron chi connectivity index (χ4n) is 4.94. The van der Waals surface area contributed by atoms with Gasteiger partial charge in [-0.05, 0) is 62.4 Å². The van der Waals surface area contributed by atoms with E-state index in [1.54, 1.807) is 24.0 Å². The summed E-state index contributed by atoms with van der Waals surface area (Å²) in [5, 5.41) is 3.44. The second kappa shape index (κ2) is 14.0. The average Bonchev–Trinajstić information content (AvgIpc) is 2.90. The van der Waals surface area contributed by atoms with Crippen LogP contribution in [0.1, 0.15) is 63.0 Å². The van der Waals surface area contributed by atoms with E-state index < -0.39 is 16.1 Å². The standard InChI is InChI=1S/C29H40ClN3O5S/c1-21-11-8-9-12-23(21)20-32(22(2)29(35)31-24-13-6-5-7-14-24)28(34)15-10-18-33(39(4,36)37)25-16-17-27(38-3)26(30)19-25/h8-9,11-12,16-17,19,22,24H,5-7,10,13-15,18,20H2,1-4H3,(H,31,35)/t22-/m0/s1. The van der Waals surface area contributed by atoms with Gasteiger partial charge in [-0.15, -0.1) is 0 Å². The number of carbonyl (C=O) groups is 2. The number of benzene rings is 2. The molecule has 0 spiro atoms. The Kier molecular flexibility index (Phi) is 11.1. The Hall–Kier alpha value is -2.78. The molecule has 1 atom stereocenters. The molecule has 0 aromatic heterocycles. The number of methoxy groups -OCH3 is 1. The molecule has 2 aromatic carbocycles. The highest BCUT2D eigenvalue weighted by atomic mass is 35.5. The van der Waals surface area contributed by atoms with E-state index in [1.165, 1.54) is 23.9 Å². The highest BCUT2D eigenvalue weighted by molar-refractivity contribution is 7.92. The zero-order valence-electron chi connectivity index (χ0n) is 23.3. The SMILES string of the molecule is COc1ccc(N(CCCC(=O)N(Cc2ccccc2C)[C@@H](C)C(=O)NC2CCCCC2)S(C)(=O)=O)cc1Cl. The van der Waals surface area contributed by atoms with Gasteiger partial charge in [-0.3, -0.25) is 13.9 Å². The number of nitrogens with zero attached hydrogens (tertiary/aromatic N) is 2. The molecule has 1 saturated carbocycles. The lowest BCUT2D eigenvalue weighted by molar-refractivity contribution is -0.141. The Balaban J connectivity index is 1.74. The van der Waals surface area contributed by atoms with Gasteiger partial charge >= 0.3 is 0 Å². The highest BCUT2D eigenvalue weighted by Gasteiger charge is 2.29. The van der Waals surface area contributed by atoms with E-state index in [9.17, 15) is 18.0 Å². The maximum atomic E-state index is 13.5. The number of carbonyl (C=O) groups excluding carboxylic acids is 2. The number of amides is 2. The van der Waals surface area contributed by atoms with Crippen LogP contribution in [-0.2, 0) is 26.2 Å². The Morgan fingerprint density at radius 1 is 1.13 bits per heavy atom. The van der Waals surface area contributed by atoms with Crippen molar-refractivity contribution in [3.8, 4) is 5.75 Å². The van der Waals surface area contributed by atoms with Crippen LogP contribution in [-0.4, -0.2) is 57.1 Å². The van der Waals surface area contributed by atoms with Gasteiger partial charge in [-0.2, -0.15) is 0 Å². The number of nitrogens with one attached hydrogen (secondary N) is 1. The Morgan fingerprint density at radius 2 is 1.82 bits per heavy atom. The van der Waals surface area contributed by atoms with Gasteiger partial charge in [0.15, 0.2) is 0 Å². The van der Waals surface area contributed by atoms with Crippen LogP contribution >= 0.6 is 11.6 Å². The number of hydrogen-bond acceptors (Lipinski definition) is 5. The van der Waals surface area contributed by atoms with Gasteiger partial charge in [0.1, 0.15) is 11.8 Å². The molecule has 2 amide bonds. The third-order valence-electron chi connectivity index (χ3n) is 7.30. The second-order valence-electron chi connectivity index (χ2n) is 10.2. The first-order valence-corrected chi connectivity index (χ1v) is 15.7. The molecule has 0 radical (unpaired) electrons. The van der Waals surface area contributed by atoms with Crippen molar-refractivity contribution in [3.05, 3.63) is 58.6 Å². The summed E-state index contributed by atoms with van der Waals surface area (Å²) in [7, 11) is -2.14. The molecule has 10 heteroatoms. The number of aryl methyl sites for hydroxylation is 1. The van der Waals surface area contributed by atoms with Gasteiger partial charge in [-0.1, -0.05) is 55.1 Å². The monoisotopic (exact) mass is 577 g/mol. The van der Waals surface area contributed by atoms with E-state index in [1.807, 2.05) is 31.2 Å². The van der Waals surface area contributed by atoms with Crippen LogP contribution in [0.25, 0.3) is 0 Å². The number of rotatable bonds is 12. The van der Waals surface area contributed by atoms with E-state index in [-0.39, 0.29) is 37.2 Å². The van der Waals surface area contributed by atoms with E-state index >= 15 is 0 Å². The lowest BCUT2D eigenvalue weighted by Gasteiger charge is -2.32. The molecule has 1 aliphatic rings. The summed E-state index contributed by atoms with van der Waals surface area (Å²) in [5.41, 5.74) is 2.40. The van der Waals surface area contributed by atoms with Crippen molar-refractivity contribution in [1.82, 2.24) is 10.2 Å². The van der Waals surface area contributed by atoms with Gasteiger partial charge in [0, 0.05) is 25.6 Å². The van der Waals surface area contributed by atoms with E-state index in [0.717, 1.165) is 43.1 Å². The molecule has 8 nitrogen and oxygen atoms in total. The molecule has 0 aliphatic heterocycles. The fraction of sp³-hybridized carbons (Fsp3) is 0.517. The molecule has 2 aromatic rings. The van der Waals surface area contributed by atoms with E-state index in [0.29, 0.717) is 23.0 Å². The summed E-state index contributed by atoms with van der Waals surface area (Å²) in [6, 6.07) is 12.0. The molecule has 214 valence electrons. The topological polar surface area (TPSA) is 96.0 Å². The van der Waals surface area contributed by atoms with Gasteiger partial charge in [0.25, 0.3) is 0 Å². The summed E-state index contributed by atoms with van der Waals surface area (Å²) in [6.45, 7) is 4.13. The zero-order chi connectivity index (χ0) is 28.6. The largest absolute Gasteiger partial charge is 0.495 e. The maximum absolute atomic E-state index is 13.5. The third kappa shape index (κ3) is 8.60. The van der Waals surface area contributed by atoms with Crippen molar-refractivity contribution in [2.24, 2.45) is 0 Å². The molecule has 39 heavy (non-hydrogen) atoms. The van der Waals surface area contributed by atoms with Gasteiger partial charge in [0.2, 0.25) is 21.8 Å². The van der Waals surface area contributed by atoms with Crippen molar-refractivity contribution in [1.29, 1.82) is 0 Å². The van der Waals surface area contributed by atoms with Crippen LogP contribution in [0.2, 0.25) is 5.02 Å². The van der Waals surface area contributed by atoms with Crippen LogP contribution in [0.5, 0.6) is 5.75 Å². The zero-order valence-corrected chi connectivity index (χ0v) is 24.9. The third-order valence-corrected chi connectivity index (χ3v) is 8.79. The predicted octanol–water partition coefficient (Wildman–Crippen LogP) is 5.07. The number of ether oxygens (including phenoxy) is 1. The fourth-order valence-corrected chi connectivity index (χ4v) is 6.15. The lowest BCUT2D eigenvalue weighted by Crippen LogP contribution is -2.50. The normalized spacial score (nSPS) is 14.9. The average molecular weight is 578 g/mol. The van der Waals surface area contributed by atoms with E-state index in [4.69, 9.17) is 16.3 Å². The lowest BCUT2D eigenvalue weighted by atomic mass is 9.95. The first kappa shape index (κ1) is 30.8. The summed E-state index contributed by atoms with van der Waals surface area (Å²) in [6.07, 6.45) is 6.78. The smallest absolute Gasteiger partial charge is 0.242 e. The Morgan fingerprint density at radius 3 is 2.44 bits per heavy atom. The molecule has 1 fully saturated rings. The molecule has 0 heterocycles. The first-order valence-electron chi connectivity index (χ1n) is 13.5. The minimum atomic E-state index is -3.63. The summed E-state index contributed by atoms with van der Waals surface area (Å²) in [5.74, 6) is 0.0802. The number of hydrogen-bond donors (Lipinski definition) is 1. The summed E-state index contributed by atoms with van der Waals surface area (Å²) >= 11 is 6.23. The molecular formula is C29H40ClN3O5S. The molecule has 3 rings (SSSR count). The first-order chi connectivity index (χ1) is 18.5. The Bertz CT molecular complexity index is 1250. The quantitative estimate of drug-likeness (QED) is 0.380. The van der Waals surface area contributed by atoms with Crippen LogP contribution in [0.3, 0.4) is 0 Å². The molecule has 1 aliphatic carbocycles. The minimum Gasteiger partial charge on any atom is -0.495 e.